The van der Waals surface area contributed by atoms with Crippen molar-refractivity contribution in [2.45, 2.75) is 20.4 Å². The molecule has 0 spiro atoms. The van der Waals surface area contributed by atoms with Crippen LogP contribution in [0.15, 0.2) is 48.9 Å². The van der Waals surface area contributed by atoms with Gasteiger partial charge in [0.15, 0.2) is 0 Å². The van der Waals surface area contributed by atoms with E-state index in [1.165, 1.54) is 27.6 Å². The highest BCUT2D eigenvalue weighted by Crippen LogP contribution is 2.18. The lowest BCUT2D eigenvalue weighted by Gasteiger charge is -2.06. The van der Waals surface area contributed by atoms with Crippen LogP contribution in [0, 0.1) is 13.8 Å². The second-order valence-electron chi connectivity index (χ2n) is 4.88. The minimum absolute atomic E-state index is 0.876. The van der Waals surface area contributed by atoms with Crippen LogP contribution in [0.2, 0.25) is 0 Å². The van der Waals surface area contributed by atoms with Gasteiger partial charge in [-0.05, 0) is 48.6 Å². The Kier molecular flexibility index (Phi) is 2.63. The number of fused-ring (bicyclic) bond motifs is 1. The quantitative estimate of drug-likeness (QED) is 0.663. The number of nitrogens with zero attached hydrogens (tertiary/aromatic N) is 2. The molecule has 0 aliphatic carbocycles. The van der Waals surface area contributed by atoms with E-state index in [0.29, 0.717) is 0 Å². The van der Waals surface area contributed by atoms with Gasteiger partial charge in [0, 0.05) is 30.7 Å². The molecule has 90 valence electrons. The number of pyridine rings is 1. The van der Waals surface area contributed by atoms with Crippen LogP contribution in [-0.2, 0) is 6.54 Å². The Morgan fingerprint density at radius 1 is 1.00 bits per heavy atom. The summed E-state index contributed by atoms with van der Waals surface area (Å²) in [5.74, 6) is 0. The molecule has 0 aliphatic heterocycles. The monoisotopic (exact) mass is 236 g/mol. The van der Waals surface area contributed by atoms with E-state index in [4.69, 9.17) is 0 Å². The van der Waals surface area contributed by atoms with Gasteiger partial charge in [-0.25, -0.2) is 0 Å². The molecule has 1 aromatic carbocycles. The highest BCUT2D eigenvalue weighted by Gasteiger charge is 2.02. The lowest BCUT2D eigenvalue weighted by Crippen LogP contribution is -1.98. The van der Waals surface area contributed by atoms with Gasteiger partial charge >= 0.3 is 0 Å². The average molecular weight is 236 g/mol. The third-order valence-electron chi connectivity index (χ3n) is 3.21. The topological polar surface area (TPSA) is 17.8 Å². The minimum Gasteiger partial charge on any atom is -0.343 e. The fourth-order valence-electron chi connectivity index (χ4n) is 2.36. The number of hydrogen-bond acceptors (Lipinski definition) is 1. The van der Waals surface area contributed by atoms with Crippen LogP contribution in [0.4, 0.5) is 0 Å². The van der Waals surface area contributed by atoms with Crippen molar-refractivity contribution in [2.75, 3.05) is 0 Å². The summed E-state index contributed by atoms with van der Waals surface area (Å²) in [6.07, 6.45) is 5.97. The maximum absolute atomic E-state index is 4.25. The summed E-state index contributed by atoms with van der Waals surface area (Å²) in [5.41, 5.74) is 5.03. The second kappa shape index (κ2) is 4.30. The molecule has 2 aromatic heterocycles. The molecule has 0 N–H and O–H groups in total. The fourth-order valence-corrected chi connectivity index (χ4v) is 2.36. The average Bonchev–Trinajstić information content (AvgIpc) is 2.72. The second-order valence-corrected chi connectivity index (χ2v) is 4.88. The first kappa shape index (κ1) is 11.0. The largest absolute Gasteiger partial charge is 0.343 e. The van der Waals surface area contributed by atoms with Crippen LogP contribution in [0.25, 0.3) is 10.9 Å². The van der Waals surface area contributed by atoms with Crippen molar-refractivity contribution in [1.29, 1.82) is 0 Å². The van der Waals surface area contributed by atoms with E-state index in [2.05, 4.69) is 59.9 Å². The van der Waals surface area contributed by atoms with Crippen molar-refractivity contribution in [2.24, 2.45) is 0 Å². The highest BCUT2D eigenvalue weighted by molar-refractivity contribution is 5.80. The first-order chi connectivity index (χ1) is 8.72. The molecule has 2 heterocycles. The van der Waals surface area contributed by atoms with Gasteiger partial charge in [-0.2, -0.15) is 0 Å². The fraction of sp³-hybridized carbons (Fsp3) is 0.188. The van der Waals surface area contributed by atoms with Gasteiger partial charge in [-0.1, -0.05) is 17.7 Å². The Hall–Kier alpha value is -2.09. The van der Waals surface area contributed by atoms with Crippen LogP contribution >= 0.6 is 0 Å². The molecule has 0 bridgehead atoms. The summed E-state index contributed by atoms with van der Waals surface area (Å²) in [4.78, 5) is 4.25. The summed E-state index contributed by atoms with van der Waals surface area (Å²) < 4.78 is 2.27. The molecule has 0 fully saturated rings. The van der Waals surface area contributed by atoms with Crippen molar-refractivity contribution in [3.05, 3.63) is 65.6 Å². The Balaban J connectivity index is 2.00. The molecule has 2 heteroatoms. The van der Waals surface area contributed by atoms with Gasteiger partial charge in [0.2, 0.25) is 0 Å². The molecule has 3 rings (SSSR count). The van der Waals surface area contributed by atoms with Gasteiger partial charge in [-0.3, -0.25) is 4.98 Å². The van der Waals surface area contributed by atoms with Crippen molar-refractivity contribution < 1.29 is 0 Å². The Labute approximate surface area is 107 Å². The van der Waals surface area contributed by atoms with Gasteiger partial charge in [0.25, 0.3) is 0 Å². The van der Waals surface area contributed by atoms with Gasteiger partial charge in [0.05, 0.1) is 0 Å². The van der Waals surface area contributed by atoms with Crippen LogP contribution in [0.1, 0.15) is 16.7 Å². The van der Waals surface area contributed by atoms with Crippen LogP contribution in [0.5, 0.6) is 0 Å². The number of rotatable bonds is 2. The molecule has 0 saturated heterocycles. The molecule has 0 saturated carbocycles. The van der Waals surface area contributed by atoms with Crippen LogP contribution in [-0.4, -0.2) is 9.55 Å². The van der Waals surface area contributed by atoms with Crippen LogP contribution < -0.4 is 0 Å². The zero-order valence-corrected chi connectivity index (χ0v) is 10.7. The van der Waals surface area contributed by atoms with E-state index in [0.717, 1.165) is 6.54 Å². The van der Waals surface area contributed by atoms with E-state index < -0.39 is 0 Å². The molecular formula is C16H16N2. The Bertz CT molecular complexity index is 695. The maximum atomic E-state index is 4.25. The van der Waals surface area contributed by atoms with Crippen molar-refractivity contribution in [3.63, 3.8) is 0 Å². The Morgan fingerprint density at radius 2 is 1.89 bits per heavy atom. The summed E-state index contributed by atoms with van der Waals surface area (Å²) in [6, 6.07) is 10.9. The molecule has 0 aliphatic rings. The van der Waals surface area contributed by atoms with Crippen molar-refractivity contribution >= 4 is 10.9 Å². The predicted molar refractivity (Wildman–Crippen MR) is 74.8 cm³/mol. The Morgan fingerprint density at radius 3 is 2.72 bits per heavy atom. The SMILES string of the molecule is Cc1cncc(Cn2ccc3cc(C)ccc32)c1. The van der Waals surface area contributed by atoms with Gasteiger partial charge in [-0.15, -0.1) is 0 Å². The van der Waals surface area contributed by atoms with Crippen molar-refractivity contribution in [1.82, 2.24) is 9.55 Å². The zero-order valence-electron chi connectivity index (χ0n) is 10.7. The molecule has 0 unspecified atom stereocenters. The maximum Gasteiger partial charge on any atom is 0.0491 e. The predicted octanol–water partition coefficient (Wildman–Crippen LogP) is 3.70. The zero-order chi connectivity index (χ0) is 12.5. The number of aryl methyl sites for hydroxylation is 2. The molecule has 0 amide bonds. The first-order valence-electron chi connectivity index (χ1n) is 6.18. The number of hydrogen-bond donors (Lipinski definition) is 0. The summed E-state index contributed by atoms with van der Waals surface area (Å²) in [7, 11) is 0. The summed E-state index contributed by atoms with van der Waals surface area (Å²) in [5, 5.41) is 1.30. The van der Waals surface area contributed by atoms with E-state index in [1.807, 2.05) is 12.4 Å². The molecule has 3 aromatic rings. The van der Waals surface area contributed by atoms with Crippen LogP contribution in [0.3, 0.4) is 0 Å². The third-order valence-corrected chi connectivity index (χ3v) is 3.21. The number of benzene rings is 1. The molecule has 18 heavy (non-hydrogen) atoms. The van der Waals surface area contributed by atoms with E-state index in [1.54, 1.807) is 0 Å². The molecule has 2 nitrogen and oxygen atoms in total. The van der Waals surface area contributed by atoms with Gasteiger partial charge < -0.3 is 4.57 Å². The number of aromatic nitrogens is 2. The lowest BCUT2D eigenvalue weighted by atomic mass is 10.2. The smallest absolute Gasteiger partial charge is 0.0491 e. The van der Waals surface area contributed by atoms with E-state index in [-0.39, 0.29) is 0 Å². The molecular weight excluding hydrogens is 220 g/mol. The lowest BCUT2D eigenvalue weighted by molar-refractivity contribution is 0.830. The first-order valence-corrected chi connectivity index (χ1v) is 6.18. The molecule has 0 atom stereocenters. The van der Waals surface area contributed by atoms with Crippen molar-refractivity contribution in [3.8, 4) is 0 Å². The summed E-state index contributed by atoms with van der Waals surface area (Å²) >= 11 is 0. The molecule has 0 radical (unpaired) electrons. The van der Waals surface area contributed by atoms with E-state index >= 15 is 0 Å². The highest BCUT2D eigenvalue weighted by atomic mass is 15.0. The van der Waals surface area contributed by atoms with E-state index in [9.17, 15) is 0 Å². The standard InChI is InChI=1S/C16H16N2/c1-12-3-4-16-15(8-12)5-6-18(16)11-14-7-13(2)9-17-10-14/h3-10H,11H2,1-2H3. The van der Waals surface area contributed by atoms with Gasteiger partial charge in [0.1, 0.15) is 0 Å². The third kappa shape index (κ3) is 2.02. The minimum atomic E-state index is 0.876. The normalized spacial score (nSPS) is 11.0. The summed E-state index contributed by atoms with van der Waals surface area (Å²) in [6.45, 7) is 5.08.